The molecule has 0 heterocycles. The van der Waals surface area contributed by atoms with Gasteiger partial charge in [-0.15, -0.1) is 0 Å². The van der Waals surface area contributed by atoms with Gasteiger partial charge >= 0.3 is 5.97 Å². The predicted octanol–water partition coefficient (Wildman–Crippen LogP) is 0.917. The van der Waals surface area contributed by atoms with Gasteiger partial charge in [0.05, 0.1) is 17.4 Å². The average Bonchev–Trinajstić information content (AvgIpc) is 2.35. The molecule has 112 valence electrons. The first-order chi connectivity index (χ1) is 9.22. The first-order valence-electron chi connectivity index (χ1n) is 6.16. The summed E-state index contributed by atoms with van der Waals surface area (Å²) in [4.78, 5) is 10.8. The normalized spacial score (nSPS) is 13.4. The van der Waals surface area contributed by atoms with Gasteiger partial charge in [0.15, 0.2) is 0 Å². The van der Waals surface area contributed by atoms with E-state index in [1.807, 2.05) is 0 Å². The van der Waals surface area contributed by atoms with E-state index in [0.29, 0.717) is 12.0 Å². The smallest absolute Gasteiger partial charge is 0.335 e. The molecule has 0 fully saturated rings. The molecule has 0 spiro atoms. The highest BCUT2D eigenvalue weighted by Gasteiger charge is 2.19. The van der Waals surface area contributed by atoms with Gasteiger partial charge in [0.1, 0.15) is 0 Å². The van der Waals surface area contributed by atoms with E-state index in [0.717, 1.165) is 0 Å². The Balaban J connectivity index is 2.80. The fourth-order valence-electron chi connectivity index (χ4n) is 1.62. The average molecular weight is 301 g/mol. The zero-order valence-electron chi connectivity index (χ0n) is 11.5. The highest BCUT2D eigenvalue weighted by atomic mass is 32.2. The topological polar surface area (TPSA) is 94.9 Å². The van der Waals surface area contributed by atoms with Crippen LogP contribution in [-0.4, -0.2) is 48.6 Å². The Morgan fingerprint density at radius 3 is 2.60 bits per heavy atom. The maximum atomic E-state index is 12.1. The molecule has 0 aliphatic rings. The molecule has 7 heteroatoms. The van der Waals surface area contributed by atoms with Crippen molar-refractivity contribution in [2.24, 2.45) is 0 Å². The number of carboxylic acid groups (broad SMARTS) is 1. The van der Waals surface area contributed by atoms with Crippen molar-refractivity contribution in [2.45, 2.75) is 25.2 Å². The lowest BCUT2D eigenvalue weighted by molar-refractivity contribution is 0.0696. The molecule has 1 aromatic rings. The Hall–Kier alpha value is -1.44. The van der Waals surface area contributed by atoms with Crippen molar-refractivity contribution in [3.63, 3.8) is 0 Å². The molecule has 0 aromatic heterocycles. The van der Waals surface area contributed by atoms with Gasteiger partial charge in [-0.3, -0.25) is 0 Å². The second kappa shape index (κ2) is 6.83. The van der Waals surface area contributed by atoms with Crippen molar-refractivity contribution in [1.82, 2.24) is 4.31 Å². The Bertz CT molecular complexity index is 568. The minimum Gasteiger partial charge on any atom is -0.478 e. The van der Waals surface area contributed by atoms with Crippen LogP contribution in [0, 0.1) is 0 Å². The van der Waals surface area contributed by atoms with Crippen LogP contribution >= 0.6 is 0 Å². The summed E-state index contributed by atoms with van der Waals surface area (Å²) in [6, 6.07) is 5.86. The van der Waals surface area contributed by atoms with Crippen LogP contribution in [0.2, 0.25) is 0 Å². The van der Waals surface area contributed by atoms with E-state index in [1.54, 1.807) is 13.0 Å². The molecule has 6 nitrogen and oxygen atoms in total. The molecule has 1 unspecified atom stereocenters. The number of aliphatic hydroxyl groups excluding tert-OH is 1. The molecule has 1 aromatic carbocycles. The summed E-state index contributed by atoms with van der Waals surface area (Å²) in [5.74, 6) is -1.35. The third-order valence-electron chi connectivity index (χ3n) is 2.86. The Labute approximate surface area is 118 Å². The second-order valence-corrected chi connectivity index (χ2v) is 6.80. The lowest BCUT2D eigenvalue weighted by Gasteiger charge is -2.18. The maximum absolute atomic E-state index is 12.1. The molecule has 0 saturated heterocycles. The molecule has 20 heavy (non-hydrogen) atoms. The molecule has 0 amide bonds. The summed E-state index contributed by atoms with van der Waals surface area (Å²) < 4.78 is 25.4. The highest BCUT2D eigenvalue weighted by molar-refractivity contribution is 7.88. The summed E-state index contributed by atoms with van der Waals surface area (Å²) in [7, 11) is -2.08. The lowest BCUT2D eigenvalue weighted by atomic mass is 10.1. The van der Waals surface area contributed by atoms with Crippen LogP contribution in [0.5, 0.6) is 0 Å². The Morgan fingerprint density at radius 1 is 1.40 bits per heavy atom. The first kappa shape index (κ1) is 16.6. The number of hydrogen-bond donors (Lipinski definition) is 2. The third-order valence-corrected chi connectivity index (χ3v) is 4.69. The molecule has 0 aliphatic heterocycles. The Morgan fingerprint density at radius 2 is 2.05 bits per heavy atom. The number of rotatable bonds is 7. The first-order valence-corrected chi connectivity index (χ1v) is 7.77. The van der Waals surface area contributed by atoms with E-state index in [4.69, 9.17) is 10.2 Å². The highest BCUT2D eigenvalue weighted by Crippen LogP contribution is 2.12. The van der Waals surface area contributed by atoms with Gasteiger partial charge in [0, 0.05) is 13.6 Å². The van der Waals surface area contributed by atoms with Gasteiger partial charge in [0.2, 0.25) is 10.0 Å². The van der Waals surface area contributed by atoms with Crippen LogP contribution in [-0.2, 0) is 15.8 Å². The van der Waals surface area contributed by atoms with Crippen LogP contribution in [0.4, 0.5) is 0 Å². The van der Waals surface area contributed by atoms with Crippen LogP contribution in [0.3, 0.4) is 0 Å². The van der Waals surface area contributed by atoms with Crippen LogP contribution in [0.15, 0.2) is 24.3 Å². The number of sulfonamides is 1. The van der Waals surface area contributed by atoms with Crippen molar-refractivity contribution in [2.75, 3.05) is 13.6 Å². The van der Waals surface area contributed by atoms with Gasteiger partial charge in [0.25, 0.3) is 0 Å². The van der Waals surface area contributed by atoms with Crippen molar-refractivity contribution < 1.29 is 23.4 Å². The van der Waals surface area contributed by atoms with Crippen LogP contribution < -0.4 is 0 Å². The summed E-state index contributed by atoms with van der Waals surface area (Å²) in [6.45, 7) is 1.81. The summed E-state index contributed by atoms with van der Waals surface area (Å²) in [5.41, 5.74) is 0.484. The minimum atomic E-state index is -3.52. The predicted molar refractivity (Wildman–Crippen MR) is 75.0 cm³/mol. The Kier molecular flexibility index (Phi) is 5.67. The fourth-order valence-corrected chi connectivity index (χ4v) is 2.83. The number of nitrogens with zero attached hydrogens (tertiary/aromatic N) is 1. The molecular weight excluding hydrogens is 282 g/mol. The second-order valence-electron chi connectivity index (χ2n) is 4.72. The van der Waals surface area contributed by atoms with Crippen molar-refractivity contribution in [3.8, 4) is 0 Å². The fraction of sp³-hybridized carbons (Fsp3) is 0.462. The number of benzene rings is 1. The lowest BCUT2D eigenvalue weighted by Crippen LogP contribution is -2.30. The number of aliphatic hydroxyl groups is 1. The number of aromatic carboxylic acids is 1. The molecular formula is C13H19NO5S. The standard InChI is InChI=1S/C13H19NO5S/c1-10(15)6-7-14(2)20(18,19)9-11-4-3-5-12(8-11)13(16)17/h3-5,8,10,15H,6-7,9H2,1-2H3,(H,16,17). The van der Waals surface area contributed by atoms with Gasteiger partial charge in [-0.1, -0.05) is 12.1 Å². The maximum Gasteiger partial charge on any atom is 0.335 e. The zero-order chi connectivity index (χ0) is 15.3. The van der Waals surface area contributed by atoms with E-state index in [1.165, 1.54) is 29.6 Å². The molecule has 1 rings (SSSR count). The molecule has 1 atom stereocenters. The van der Waals surface area contributed by atoms with Crippen LogP contribution in [0.1, 0.15) is 29.3 Å². The van der Waals surface area contributed by atoms with E-state index >= 15 is 0 Å². The molecule has 0 radical (unpaired) electrons. The van der Waals surface area contributed by atoms with E-state index in [2.05, 4.69) is 0 Å². The summed E-state index contributed by atoms with van der Waals surface area (Å²) >= 11 is 0. The van der Waals surface area contributed by atoms with E-state index in [-0.39, 0.29) is 17.9 Å². The number of hydrogen-bond acceptors (Lipinski definition) is 4. The largest absolute Gasteiger partial charge is 0.478 e. The third kappa shape index (κ3) is 4.92. The van der Waals surface area contributed by atoms with Gasteiger partial charge in [-0.2, -0.15) is 0 Å². The van der Waals surface area contributed by atoms with Gasteiger partial charge in [-0.05, 0) is 31.0 Å². The van der Waals surface area contributed by atoms with E-state index < -0.39 is 22.1 Å². The molecule has 2 N–H and O–H groups in total. The van der Waals surface area contributed by atoms with Crippen molar-refractivity contribution >= 4 is 16.0 Å². The number of carbonyl (C=O) groups is 1. The van der Waals surface area contributed by atoms with E-state index in [9.17, 15) is 13.2 Å². The van der Waals surface area contributed by atoms with Crippen molar-refractivity contribution in [3.05, 3.63) is 35.4 Å². The summed E-state index contributed by atoms with van der Waals surface area (Å²) in [6.07, 6.45) is -0.215. The zero-order valence-corrected chi connectivity index (χ0v) is 12.3. The molecule has 0 saturated carbocycles. The minimum absolute atomic E-state index is 0.0596. The van der Waals surface area contributed by atoms with Gasteiger partial charge in [-0.25, -0.2) is 17.5 Å². The summed E-state index contributed by atoms with van der Waals surface area (Å²) in [5, 5.41) is 18.0. The van der Waals surface area contributed by atoms with Gasteiger partial charge < -0.3 is 10.2 Å². The monoisotopic (exact) mass is 301 g/mol. The molecule has 0 bridgehead atoms. The SMILES string of the molecule is CC(O)CCN(C)S(=O)(=O)Cc1cccc(C(=O)O)c1. The number of carboxylic acids is 1. The van der Waals surface area contributed by atoms with Crippen LogP contribution in [0.25, 0.3) is 0 Å². The quantitative estimate of drug-likeness (QED) is 0.781. The van der Waals surface area contributed by atoms with Crippen molar-refractivity contribution in [1.29, 1.82) is 0 Å². The molecule has 0 aliphatic carbocycles.